The minimum Gasteiger partial charge on any atom is -0.479 e. The molecule has 4 heteroatoms. The molecule has 10 heavy (non-hydrogen) atoms. The molecule has 0 amide bonds. The fourth-order valence-electron chi connectivity index (χ4n) is 0.722. The zero-order chi connectivity index (χ0) is 7.40. The van der Waals surface area contributed by atoms with E-state index in [1.165, 1.54) is 0 Å². The first-order chi connectivity index (χ1) is 4.79. The number of carboxylic acid groups (broad SMARTS) is 1. The van der Waals surface area contributed by atoms with Crippen molar-refractivity contribution in [2.45, 2.75) is 6.42 Å². The monoisotopic (exact) mass is 143 g/mol. The van der Waals surface area contributed by atoms with Crippen LogP contribution in [0.25, 0.3) is 0 Å². The van der Waals surface area contributed by atoms with Crippen molar-refractivity contribution in [2.75, 3.05) is 13.2 Å². The maximum atomic E-state index is 10.1. The maximum Gasteiger partial charge on any atom is 0.333 e. The summed E-state index contributed by atoms with van der Waals surface area (Å²) in [5.41, 5.74) is 0. The van der Waals surface area contributed by atoms with E-state index in [-0.39, 0.29) is 0 Å². The highest BCUT2D eigenvalue weighted by atomic mass is 16.5. The van der Waals surface area contributed by atoms with Gasteiger partial charge in [0.1, 0.15) is 0 Å². The van der Waals surface area contributed by atoms with Gasteiger partial charge in [-0.2, -0.15) is 0 Å². The Labute approximate surface area is 58.5 Å². The third-order valence-corrected chi connectivity index (χ3v) is 1.13. The highest BCUT2D eigenvalue weighted by molar-refractivity contribution is 5.80. The second-order valence-corrected chi connectivity index (χ2v) is 1.98. The van der Waals surface area contributed by atoms with E-state index in [9.17, 15) is 4.79 Å². The third kappa shape index (κ3) is 1.97. The van der Waals surface area contributed by atoms with Crippen molar-refractivity contribution in [3.8, 4) is 0 Å². The number of ether oxygens (including phenoxy) is 1. The quantitative estimate of drug-likeness (QED) is 0.504. The number of hydrogen-bond donors (Lipinski definition) is 2. The van der Waals surface area contributed by atoms with Crippen LogP contribution < -0.4 is 5.32 Å². The first-order valence-electron chi connectivity index (χ1n) is 3.10. The summed E-state index contributed by atoms with van der Waals surface area (Å²) in [7, 11) is 0. The normalized spacial score (nSPS) is 21.4. The van der Waals surface area contributed by atoms with Gasteiger partial charge in [0.05, 0.1) is 12.7 Å². The van der Waals surface area contributed by atoms with Crippen LogP contribution in [0.1, 0.15) is 6.42 Å². The summed E-state index contributed by atoms with van der Waals surface area (Å²) in [4.78, 5) is 10.1. The van der Waals surface area contributed by atoms with Gasteiger partial charge in [-0.05, 0) is 6.42 Å². The molecule has 0 aromatic heterocycles. The summed E-state index contributed by atoms with van der Waals surface area (Å²) in [6.07, 6.45) is 1.95. The zero-order valence-electron chi connectivity index (χ0n) is 5.46. The zero-order valence-corrected chi connectivity index (χ0v) is 5.46. The molecule has 1 saturated heterocycles. The number of rotatable bonds is 1. The molecule has 0 radical (unpaired) electrons. The maximum absolute atomic E-state index is 10.1. The fourth-order valence-corrected chi connectivity index (χ4v) is 0.722. The molecule has 2 N–H and O–H groups in total. The Hall–Kier alpha value is -1.19. The van der Waals surface area contributed by atoms with Crippen LogP contribution in [0.3, 0.4) is 0 Å². The predicted molar refractivity (Wildman–Crippen MR) is 34.3 cm³/mol. The molecule has 0 spiro atoms. The standard InChI is InChI=1S/C6H9NO3/c8-6(9)4-5-7-2-1-3-10-5/h4,7H,1-3H2,(H,8,9)/b5-4-. The largest absolute Gasteiger partial charge is 0.479 e. The Morgan fingerprint density at radius 2 is 2.60 bits per heavy atom. The minimum atomic E-state index is -0.982. The summed E-state index contributed by atoms with van der Waals surface area (Å²) in [6, 6.07) is 0. The van der Waals surface area contributed by atoms with E-state index in [0.29, 0.717) is 12.5 Å². The molecule has 4 nitrogen and oxygen atoms in total. The lowest BCUT2D eigenvalue weighted by Crippen LogP contribution is -2.25. The molecule has 0 aromatic rings. The first-order valence-corrected chi connectivity index (χ1v) is 3.10. The topological polar surface area (TPSA) is 58.6 Å². The number of carbonyl (C=O) groups is 1. The molecule has 1 fully saturated rings. The van der Waals surface area contributed by atoms with Crippen LogP contribution >= 0.6 is 0 Å². The molecule has 0 aliphatic carbocycles. The van der Waals surface area contributed by atoms with Crippen molar-refractivity contribution in [3.63, 3.8) is 0 Å². The lowest BCUT2D eigenvalue weighted by molar-refractivity contribution is -0.131. The Morgan fingerprint density at radius 1 is 1.80 bits per heavy atom. The van der Waals surface area contributed by atoms with E-state index in [4.69, 9.17) is 9.84 Å². The van der Waals surface area contributed by atoms with Crippen LogP contribution in [0.5, 0.6) is 0 Å². The van der Waals surface area contributed by atoms with Gasteiger partial charge in [0.25, 0.3) is 0 Å². The molecular weight excluding hydrogens is 134 g/mol. The SMILES string of the molecule is O=C(O)/C=C1/NCCCO1. The molecule has 0 atom stereocenters. The average Bonchev–Trinajstić information content (AvgIpc) is 1.88. The second-order valence-electron chi connectivity index (χ2n) is 1.98. The van der Waals surface area contributed by atoms with Gasteiger partial charge in [-0.3, -0.25) is 0 Å². The molecule has 0 saturated carbocycles. The lowest BCUT2D eigenvalue weighted by atomic mass is 10.4. The molecule has 56 valence electrons. The Balaban J connectivity index is 2.45. The highest BCUT2D eigenvalue weighted by Gasteiger charge is 2.05. The molecule has 0 bridgehead atoms. The van der Waals surface area contributed by atoms with E-state index in [1.54, 1.807) is 0 Å². The summed E-state index contributed by atoms with van der Waals surface area (Å²) in [5.74, 6) is -0.622. The highest BCUT2D eigenvalue weighted by Crippen LogP contribution is 1.99. The van der Waals surface area contributed by atoms with E-state index in [2.05, 4.69) is 5.32 Å². The van der Waals surface area contributed by atoms with E-state index >= 15 is 0 Å². The number of carboxylic acids is 1. The van der Waals surface area contributed by atoms with Gasteiger partial charge in [0, 0.05) is 6.54 Å². The summed E-state index contributed by atoms with van der Waals surface area (Å²) in [6.45, 7) is 1.39. The molecule has 1 aliphatic rings. The van der Waals surface area contributed by atoms with Crippen LogP contribution in [0, 0.1) is 0 Å². The van der Waals surface area contributed by atoms with Crippen molar-refractivity contribution in [1.82, 2.24) is 5.32 Å². The van der Waals surface area contributed by atoms with Gasteiger partial charge in [0.2, 0.25) is 0 Å². The van der Waals surface area contributed by atoms with Crippen molar-refractivity contribution >= 4 is 5.97 Å². The number of nitrogens with one attached hydrogen (secondary N) is 1. The Kier molecular flexibility index (Phi) is 2.15. The van der Waals surface area contributed by atoms with E-state index < -0.39 is 5.97 Å². The molecular formula is C6H9NO3. The second kappa shape index (κ2) is 3.10. The predicted octanol–water partition coefficient (Wildman–Crippen LogP) is -0.0777. The van der Waals surface area contributed by atoms with Crippen molar-refractivity contribution < 1.29 is 14.6 Å². The molecule has 1 aliphatic heterocycles. The van der Waals surface area contributed by atoms with Crippen molar-refractivity contribution in [1.29, 1.82) is 0 Å². The minimum absolute atomic E-state index is 0.360. The smallest absolute Gasteiger partial charge is 0.333 e. The van der Waals surface area contributed by atoms with Crippen LogP contribution in [0.2, 0.25) is 0 Å². The average molecular weight is 143 g/mol. The van der Waals surface area contributed by atoms with Crippen molar-refractivity contribution in [3.05, 3.63) is 12.0 Å². The van der Waals surface area contributed by atoms with E-state index in [0.717, 1.165) is 19.0 Å². The Morgan fingerprint density at radius 3 is 3.10 bits per heavy atom. The van der Waals surface area contributed by atoms with E-state index in [1.807, 2.05) is 0 Å². The van der Waals surface area contributed by atoms with Gasteiger partial charge >= 0.3 is 5.97 Å². The fraction of sp³-hybridized carbons (Fsp3) is 0.500. The van der Waals surface area contributed by atoms with Crippen LogP contribution in [0.4, 0.5) is 0 Å². The Bertz CT molecular complexity index is 156. The number of hydrogen-bond acceptors (Lipinski definition) is 3. The van der Waals surface area contributed by atoms with Gasteiger partial charge in [-0.1, -0.05) is 0 Å². The van der Waals surface area contributed by atoms with Crippen LogP contribution in [0.15, 0.2) is 12.0 Å². The number of aliphatic carboxylic acids is 1. The third-order valence-electron chi connectivity index (χ3n) is 1.13. The molecule has 1 heterocycles. The molecule has 0 aromatic carbocycles. The first kappa shape index (κ1) is 6.92. The summed E-state index contributed by atoms with van der Waals surface area (Å²) < 4.78 is 4.96. The van der Waals surface area contributed by atoms with Crippen LogP contribution in [-0.4, -0.2) is 24.2 Å². The molecule has 0 unspecified atom stereocenters. The van der Waals surface area contributed by atoms with Crippen molar-refractivity contribution in [2.24, 2.45) is 0 Å². The lowest BCUT2D eigenvalue weighted by Gasteiger charge is -2.16. The summed E-state index contributed by atoms with van der Waals surface area (Å²) in [5, 5.41) is 11.1. The summed E-state index contributed by atoms with van der Waals surface area (Å²) >= 11 is 0. The molecule has 1 rings (SSSR count). The van der Waals surface area contributed by atoms with Gasteiger partial charge in [-0.15, -0.1) is 0 Å². The van der Waals surface area contributed by atoms with Gasteiger partial charge in [-0.25, -0.2) is 4.79 Å². The van der Waals surface area contributed by atoms with Gasteiger partial charge in [0.15, 0.2) is 5.88 Å². The van der Waals surface area contributed by atoms with Gasteiger partial charge < -0.3 is 15.2 Å². The van der Waals surface area contributed by atoms with Crippen LogP contribution in [-0.2, 0) is 9.53 Å².